The summed E-state index contributed by atoms with van der Waals surface area (Å²) in [5, 5.41) is 7.81. The van der Waals surface area contributed by atoms with Crippen LogP contribution < -0.4 is 10.2 Å². The van der Waals surface area contributed by atoms with Gasteiger partial charge in [-0.25, -0.2) is 9.97 Å². The first-order valence-corrected chi connectivity index (χ1v) is 16.2. The molecule has 1 saturated carbocycles. The Morgan fingerprint density at radius 1 is 1.02 bits per heavy atom. The molecule has 7 rings (SSSR count). The Morgan fingerprint density at radius 2 is 1.85 bits per heavy atom. The Labute approximate surface area is 269 Å². The summed E-state index contributed by atoms with van der Waals surface area (Å²) in [4.78, 5) is 28.2. The van der Waals surface area contributed by atoms with Crippen LogP contribution in [0.25, 0.3) is 28.3 Å². The molecule has 2 atom stereocenters. The highest BCUT2D eigenvalue weighted by atomic mass is 16.5. The average Bonchev–Trinajstić information content (AvgIpc) is 3.71. The van der Waals surface area contributed by atoms with Crippen molar-refractivity contribution in [3.63, 3.8) is 0 Å². The lowest BCUT2D eigenvalue weighted by atomic mass is 9.89. The van der Waals surface area contributed by atoms with Gasteiger partial charge < -0.3 is 29.2 Å². The van der Waals surface area contributed by atoms with E-state index < -0.39 is 0 Å². The predicted octanol–water partition coefficient (Wildman–Crippen LogP) is 4.52. The maximum absolute atomic E-state index is 13.6. The molecule has 5 heterocycles. The second-order valence-electron chi connectivity index (χ2n) is 12.5. The molecule has 1 unspecified atom stereocenters. The number of ether oxygens (including phenoxy) is 2. The van der Waals surface area contributed by atoms with E-state index in [1.807, 2.05) is 31.4 Å². The van der Waals surface area contributed by atoms with E-state index in [9.17, 15) is 4.79 Å². The lowest BCUT2D eigenvalue weighted by Crippen LogP contribution is -2.51. The number of methoxy groups -OCH3 is 2. The zero-order chi connectivity index (χ0) is 31.6. The number of nitrogens with one attached hydrogen (secondary N) is 1. The van der Waals surface area contributed by atoms with Crippen LogP contribution in [-0.2, 0) is 16.0 Å². The molecule has 2 aromatic heterocycles. The van der Waals surface area contributed by atoms with E-state index in [1.165, 1.54) is 5.56 Å². The molecule has 46 heavy (non-hydrogen) atoms. The molecule has 3 aliphatic heterocycles. The van der Waals surface area contributed by atoms with E-state index in [4.69, 9.17) is 19.4 Å². The zero-order valence-electron chi connectivity index (χ0n) is 26.8. The minimum Gasteiger partial charge on any atom is -0.383 e. The van der Waals surface area contributed by atoms with E-state index >= 15 is 0 Å². The second kappa shape index (κ2) is 13.2. The van der Waals surface area contributed by atoms with Gasteiger partial charge >= 0.3 is 0 Å². The van der Waals surface area contributed by atoms with Crippen LogP contribution >= 0.6 is 0 Å². The van der Waals surface area contributed by atoms with Gasteiger partial charge in [-0.15, -0.1) is 0 Å². The summed E-state index contributed by atoms with van der Waals surface area (Å²) in [5.74, 6) is 1.60. The molecular formula is C35H42N8O3. The standard InChI is InChI=1S/C35H42N8O3/c1-40(23-24-8-5-4-6-9-24)32-20-30(38-34-28(22-37-43(32)34)35(44)39-29-11-12-31(29)46-3)27-21-36-33-26(27)10-7-15-42(33)25-13-16-41(17-14-25)18-19-45-2/h4-10,15,20-22,25,29,31H,11-14,16-19,23H2,1-3H3,(H,39,44)/t29?,31-/m0/s1. The number of nitrogens with zero attached hydrogens (tertiary/aromatic N) is 7. The number of pyridine rings is 1. The van der Waals surface area contributed by atoms with Crippen molar-refractivity contribution in [1.82, 2.24) is 34.4 Å². The van der Waals surface area contributed by atoms with Crippen LogP contribution in [0.3, 0.4) is 0 Å². The summed E-state index contributed by atoms with van der Waals surface area (Å²) in [7, 11) is 5.49. The Morgan fingerprint density at radius 3 is 2.59 bits per heavy atom. The third-order valence-corrected chi connectivity index (χ3v) is 9.62. The SMILES string of the molecule is COCCN1CCC(n2cccc3c(-c4cc(N(C)Cc5ccccc5)n5ncc(C(=O)NC6CC[C@@H]6OC)c5n4)cnc2-3)CC1. The summed E-state index contributed by atoms with van der Waals surface area (Å²) in [6, 6.07) is 17.0. The largest absolute Gasteiger partial charge is 0.383 e. The number of rotatable bonds is 11. The minimum atomic E-state index is -0.191. The third kappa shape index (κ3) is 5.86. The van der Waals surface area contributed by atoms with Gasteiger partial charge in [0.15, 0.2) is 5.65 Å². The monoisotopic (exact) mass is 622 g/mol. The van der Waals surface area contributed by atoms with Gasteiger partial charge in [-0.05, 0) is 43.4 Å². The van der Waals surface area contributed by atoms with Crippen molar-refractivity contribution in [2.75, 3.05) is 52.4 Å². The molecule has 11 nitrogen and oxygen atoms in total. The van der Waals surface area contributed by atoms with Crippen molar-refractivity contribution in [2.24, 2.45) is 0 Å². The number of benzene rings is 1. The Bertz CT molecular complexity index is 1760. The molecule has 2 fully saturated rings. The lowest BCUT2D eigenvalue weighted by molar-refractivity contribution is 0.00732. The highest BCUT2D eigenvalue weighted by Crippen LogP contribution is 2.37. The summed E-state index contributed by atoms with van der Waals surface area (Å²) >= 11 is 0. The first-order chi connectivity index (χ1) is 22.5. The number of piperidine rings is 1. The number of anilines is 1. The zero-order valence-corrected chi connectivity index (χ0v) is 26.8. The third-order valence-electron chi connectivity index (χ3n) is 9.62. The number of amides is 1. The molecule has 1 aromatic carbocycles. The van der Waals surface area contributed by atoms with Crippen LogP contribution in [0, 0.1) is 0 Å². The first-order valence-electron chi connectivity index (χ1n) is 16.2. The van der Waals surface area contributed by atoms with Crippen LogP contribution in [0.2, 0.25) is 0 Å². The fourth-order valence-corrected chi connectivity index (χ4v) is 6.82. The van der Waals surface area contributed by atoms with Gasteiger partial charge in [0.25, 0.3) is 5.91 Å². The number of carbonyl (C=O) groups excluding carboxylic acids is 1. The molecule has 1 aliphatic carbocycles. The molecule has 1 N–H and O–H groups in total. The van der Waals surface area contributed by atoms with Gasteiger partial charge in [-0.1, -0.05) is 30.3 Å². The van der Waals surface area contributed by atoms with Gasteiger partial charge in [-0.3, -0.25) is 4.79 Å². The fourth-order valence-electron chi connectivity index (χ4n) is 6.82. The topological polar surface area (TPSA) is 102 Å². The molecule has 240 valence electrons. The van der Waals surface area contributed by atoms with Crippen LogP contribution in [-0.4, -0.2) is 94.6 Å². The van der Waals surface area contributed by atoms with Crippen LogP contribution in [0.1, 0.15) is 47.6 Å². The quantitative estimate of drug-likeness (QED) is 0.230. The van der Waals surface area contributed by atoms with E-state index in [2.05, 4.69) is 61.3 Å². The van der Waals surface area contributed by atoms with Crippen LogP contribution in [0.4, 0.5) is 5.82 Å². The van der Waals surface area contributed by atoms with E-state index in [-0.39, 0.29) is 18.1 Å². The number of fused-ring (bicyclic) bond motifs is 2. The van der Waals surface area contributed by atoms with Gasteiger partial charge in [-0.2, -0.15) is 9.61 Å². The first kappa shape index (κ1) is 30.3. The molecule has 1 saturated heterocycles. The lowest BCUT2D eigenvalue weighted by Gasteiger charge is -2.35. The van der Waals surface area contributed by atoms with Gasteiger partial charge in [0.1, 0.15) is 17.2 Å². The second-order valence-corrected chi connectivity index (χ2v) is 12.5. The van der Waals surface area contributed by atoms with E-state index in [0.29, 0.717) is 23.8 Å². The number of hydrogen-bond donors (Lipinski definition) is 1. The smallest absolute Gasteiger partial charge is 0.257 e. The number of likely N-dealkylation sites (tertiary alicyclic amines) is 1. The molecule has 0 spiro atoms. The summed E-state index contributed by atoms with van der Waals surface area (Å²) in [6.45, 7) is 4.47. The molecule has 0 bridgehead atoms. The Balaban J connectivity index is 1.23. The van der Waals surface area contributed by atoms with Crippen LogP contribution in [0.5, 0.6) is 0 Å². The van der Waals surface area contributed by atoms with Crippen molar-refractivity contribution in [3.8, 4) is 22.6 Å². The average molecular weight is 623 g/mol. The van der Waals surface area contributed by atoms with Crippen molar-refractivity contribution in [3.05, 3.63) is 78.2 Å². The molecule has 1 amide bonds. The number of aromatic nitrogens is 5. The number of carbonyl (C=O) groups is 1. The predicted molar refractivity (Wildman–Crippen MR) is 177 cm³/mol. The summed E-state index contributed by atoms with van der Waals surface area (Å²) in [5.41, 5.74) is 4.86. The molecular weight excluding hydrogens is 580 g/mol. The molecule has 0 radical (unpaired) electrons. The maximum Gasteiger partial charge on any atom is 0.257 e. The van der Waals surface area contributed by atoms with Crippen molar-refractivity contribution in [1.29, 1.82) is 0 Å². The van der Waals surface area contributed by atoms with Crippen molar-refractivity contribution in [2.45, 2.75) is 50.4 Å². The molecule has 3 aromatic rings. The molecule has 11 heteroatoms. The summed E-state index contributed by atoms with van der Waals surface area (Å²) in [6.07, 6.45) is 9.69. The van der Waals surface area contributed by atoms with E-state index in [0.717, 1.165) is 80.4 Å². The van der Waals surface area contributed by atoms with Crippen molar-refractivity contribution >= 4 is 17.4 Å². The van der Waals surface area contributed by atoms with Gasteiger partial charge in [0.05, 0.1) is 30.6 Å². The Hall–Kier alpha value is -4.32. The normalized spacial score (nSPS) is 19.0. The van der Waals surface area contributed by atoms with Crippen molar-refractivity contribution < 1.29 is 14.3 Å². The maximum atomic E-state index is 13.6. The minimum absolute atomic E-state index is 0.0126. The fraction of sp³-hybridized carbons (Fsp3) is 0.429. The highest BCUT2D eigenvalue weighted by molar-refractivity contribution is 6.00. The van der Waals surface area contributed by atoms with Gasteiger partial charge in [0.2, 0.25) is 0 Å². The van der Waals surface area contributed by atoms with E-state index in [1.54, 1.807) is 24.9 Å². The highest BCUT2D eigenvalue weighted by Gasteiger charge is 2.33. The van der Waals surface area contributed by atoms with Crippen LogP contribution in [0.15, 0.2) is 67.1 Å². The molecule has 4 aliphatic rings. The summed E-state index contributed by atoms with van der Waals surface area (Å²) < 4.78 is 14.9. The van der Waals surface area contributed by atoms with Gasteiger partial charge in [0, 0.05) is 83.1 Å². The Kier molecular flexibility index (Phi) is 8.70. The number of hydrogen-bond acceptors (Lipinski definition) is 8.